The largest absolute Gasteiger partial charge is 0.358 e. The topological polar surface area (TPSA) is 50.4 Å². The minimum Gasteiger partial charge on any atom is -0.358 e. The standard InChI is InChI=1S/C13H18N2O2/c1-9-5-3-6-10(2)12(9)15-13(16)14-11-7-4-8-17-11/h3,5-6,11H,4,7-8H2,1-2H3,(H2,14,15,16). The van der Waals surface area contributed by atoms with Gasteiger partial charge >= 0.3 is 6.03 Å². The Labute approximate surface area is 101 Å². The number of carbonyl (C=O) groups is 1. The number of anilines is 1. The minimum absolute atomic E-state index is 0.140. The molecule has 4 heteroatoms. The summed E-state index contributed by atoms with van der Waals surface area (Å²) in [5.74, 6) is 0. The minimum atomic E-state index is -0.200. The lowest BCUT2D eigenvalue weighted by molar-refractivity contribution is 0.0928. The van der Waals surface area contributed by atoms with Gasteiger partial charge in [0, 0.05) is 12.3 Å². The predicted octanol–water partition coefficient (Wildman–Crippen LogP) is 2.56. The van der Waals surface area contributed by atoms with E-state index in [1.165, 1.54) is 0 Å². The molecule has 1 atom stereocenters. The van der Waals surface area contributed by atoms with Crippen molar-refractivity contribution in [2.24, 2.45) is 0 Å². The van der Waals surface area contributed by atoms with Crippen LogP contribution in [0, 0.1) is 13.8 Å². The summed E-state index contributed by atoms with van der Waals surface area (Å²) in [5.41, 5.74) is 3.00. The highest BCUT2D eigenvalue weighted by atomic mass is 16.5. The third kappa shape index (κ3) is 2.97. The molecule has 0 radical (unpaired) electrons. The number of aryl methyl sites for hydroxylation is 2. The van der Waals surface area contributed by atoms with Gasteiger partial charge in [-0.15, -0.1) is 0 Å². The van der Waals surface area contributed by atoms with Crippen molar-refractivity contribution in [3.8, 4) is 0 Å². The van der Waals surface area contributed by atoms with E-state index in [0.29, 0.717) is 0 Å². The van der Waals surface area contributed by atoms with Crippen LogP contribution in [0.1, 0.15) is 24.0 Å². The van der Waals surface area contributed by atoms with E-state index in [2.05, 4.69) is 10.6 Å². The number of hydrogen-bond donors (Lipinski definition) is 2. The summed E-state index contributed by atoms with van der Waals surface area (Å²) in [6.45, 7) is 4.69. The molecule has 2 N–H and O–H groups in total. The second-order valence-corrected chi connectivity index (χ2v) is 4.37. The number of ether oxygens (including phenoxy) is 1. The smallest absolute Gasteiger partial charge is 0.321 e. The summed E-state index contributed by atoms with van der Waals surface area (Å²) < 4.78 is 5.35. The molecule has 2 rings (SSSR count). The van der Waals surface area contributed by atoms with Crippen LogP contribution in [0.3, 0.4) is 0 Å². The van der Waals surface area contributed by atoms with Crippen molar-refractivity contribution in [2.75, 3.05) is 11.9 Å². The molecule has 1 saturated heterocycles. The average Bonchev–Trinajstić information content (AvgIpc) is 2.76. The summed E-state index contributed by atoms with van der Waals surface area (Å²) in [6.07, 6.45) is 1.76. The van der Waals surface area contributed by atoms with E-state index in [9.17, 15) is 4.79 Å². The summed E-state index contributed by atoms with van der Waals surface area (Å²) in [4.78, 5) is 11.8. The number of carbonyl (C=O) groups excluding carboxylic acids is 1. The van der Waals surface area contributed by atoms with Gasteiger partial charge < -0.3 is 15.4 Å². The van der Waals surface area contributed by atoms with E-state index >= 15 is 0 Å². The van der Waals surface area contributed by atoms with E-state index in [1.807, 2.05) is 32.0 Å². The first kappa shape index (κ1) is 11.9. The van der Waals surface area contributed by atoms with Crippen molar-refractivity contribution in [3.05, 3.63) is 29.3 Å². The van der Waals surface area contributed by atoms with Crippen molar-refractivity contribution < 1.29 is 9.53 Å². The number of hydrogen-bond acceptors (Lipinski definition) is 2. The molecule has 1 aliphatic heterocycles. The van der Waals surface area contributed by atoms with E-state index in [1.54, 1.807) is 0 Å². The Morgan fingerprint density at radius 1 is 1.35 bits per heavy atom. The van der Waals surface area contributed by atoms with Crippen molar-refractivity contribution in [1.29, 1.82) is 0 Å². The van der Waals surface area contributed by atoms with Crippen LogP contribution in [0.5, 0.6) is 0 Å². The molecular formula is C13H18N2O2. The van der Waals surface area contributed by atoms with Crippen LogP contribution in [0.2, 0.25) is 0 Å². The highest BCUT2D eigenvalue weighted by molar-refractivity contribution is 5.91. The first-order valence-electron chi connectivity index (χ1n) is 5.92. The molecule has 4 nitrogen and oxygen atoms in total. The van der Waals surface area contributed by atoms with Gasteiger partial charge in [0.1, 0.15) is 6.23 Å². The third-order valence-electron chi connectivity index (χ3n) is 2.94. The van der Waals surface area contributed by atoms with Gasteiger partial charge in [-0.05, 0) is 37.8 Å². The van der Waals surface area contributed by atoms with Crippen LogP contribution in [0.4, 0.5) is 10.5 Å². The predicted molar refractivity (Wildman–Crippen MR) is 67.0 cm³/mol. The summed E-state index contributed by atoms with van der Waals surface area (Å²) in [6, 6.07) is 5.74. The highest BCUT2D eigenvalue weighted by Crippen LogP contribution is 2.19. The van der Waals surface area contributed by atoms with Gasteiger partial charge in [0.25, 0.3) is 0 Å². The zero-order chi connectivity index (χ0) is 12.3. The zero-order valence-electron chi connectivity index (χ0n) is 10.2. The molecule has 0 aliphatic carbocycles. The average molecular weight is 234 g/mol. The quantitative estimate of drug-likeness (QED) is 0.826. The third-order valence-corrected chi connectivity index (χ3v) is 2.94. The number of rotatable bonds is 2. The number of benzene rings is 1. The molecule has 1 unspecified atom stereocenters. The zero-order valence-corrected chi connectivity index (χ0v) is 10.2. The van der Waals surface area contributed by atoms with Gasteiger partial charge in [0.05, 0.1) is 0 Å². The highest BCUT2D eigenvalue weighted by Gasteiger charge is 2.18. The van der Waals surface area contributed by atoms with Crippen molar-refractivity contribution in [2.45, 2.75) is 32.9 Å². The van der Waals surface area contributed by atoms with Gasteiger partial charge in [-0.3, -0.25) is 0 Å². The maximum absolute atomic E-state index is 11.8. The fourth-order valence-corrected chi connectivity index (χ4v) is 2.00. The van der Waals surface area contributed by atoms with Crippen molar-refractivity contribution >= 4 is 11.7 Å². The molecule has 1 aromatic rings. The van der Waals surface area contributed by atoms with E-state index in [-0.39, 0.29) is 12.3 Å². The van der Waals surface area contributed by atoms with Crippen molar-refractivity contribution in [1.82, 2.24) is 5.32 Å². The fourth-order valence-electron chi connectivity index (χ4n) is 2.00. The summed E-state index contributed by atoms with van der Waals surface area (Å²) >= 11 is 0. The normalized spacial score (nSPS) is 19.1. The number of para-hydroxylation sites is 1. The van der Waals surface area contributed by atoms with Crippen LogP contribution in [-0.4, -0.2) is 18.9 Å². The summed E-state index contributed by atoms with van der Waals surface area (Å²) in [7, 11) is 0. The van der Waals surface area contributed by atoms with Crippen LogP contribution in [0.25, 0.3) is 0 Å². The Kier molecular flexibility index (Phi) is 3.64. The molecule has 92 valence electrons. The Balaban J connectivity index is 1.97. The molecule has 0 aromatic heterocycles. The molecular weight excluding hydrogens is 216 g/mol. The second-order valence-electron chi connectivity index (χ2n) is 4.37. The maximum Gasteiger partial charge on any atom is 0.321 e. The number of urea groups is 1. The lowest BCUT2D eigenvalue weighted by atomic mass is 10.1. The van der Waals surface area contributed by atoms with Gasteiger partial charge in [0.15, 0.2) is 0 Å². The van der Waals surface area contributed by atoms with E-state index in [4.69, 9.17) is 4.74 Å². The maximum atomic E-state index is 11.8. The van der Waals surface area contributed by atoms with Gasteiger partial charge in [0.2, 0.25) is 0 Å². The first-order valence-corrected chi connectivity index (χ1v) is 5.92. The molecule has 0 bridgehead atoms. The van der Waals surface area contributed by atoms with Crippen molar-refractivity contribution in [3.63, 3.8) is 0 Å². The Hall–Kier alpha value is -1.55. The SMILES string of the molecule is Cc1cccc(C)c1NC(=O)NC1CCCO1. The Bertz CT molecular complexity index is 392. The number of nitrogens with one attached hydrogen (secondary N) is 2. The molecule has 2 amide bonds. The van der Waals surface area contributed by atoms with Gasteiger partial charge in [-0.25, -0.2) is 4.79 Å². The van der Waals surface area contributed by atoms with Gasteiger partial charge in [-0.1, -0.05) is 18.2 Å². The summed E-state index contributed by atoms with van der Waals surface area (Å²) in [5, 5.41) is 5.68. The van der Waals surface area contributed by atoms with Crippen LogP contribution >= 0.6 is 0 Å². The Morgan fingerprint density at radius 3 is 2.65 bits per heavy atom. The number of amides is 2. The lowest BCUT2D eigenvalue weighted by Crippen LogP contribution is -2.37. The second kappa shape index (κ2) is 5.19. The van der Waals surface area contributed by atoms with Crippen LogP contribution < -0.4 is 10.6 Å². The lowest BCUT2D eigenvalue weighted by Gasteiger charge is -2.15. The molecule has 1 aromatic carbocycles. The van der Waals surface area contributed by atoms with E-state index < -0.39 is 0 Å². The van der Waals surface area contributed by atoms with Gasteiger partial charge in [-0.2, -0.15) is 0 Å². The molecule has 1 fully saturated rings. The molecule has 0 spiro atoms. The van der Waals surface area contributed by atoms with E-state index in [0.717, 1.165) is 36.3 Å². The molecule has 1 heterocycles. The fraction of sp³-hybridized carbons (Fsp3) is 0.462. The van der Waals surface area contributed by atoms with Crippen LogP contribution in [-0.2, 0) is 4.74 Å². The molecule has 0 saturated carbocycles. The molecule has 1 aliphatic rings. The molecule has 17 heavy (non-hydrogen) atoms. The van der Waals surface area contributed by atoms with Crippen LogP contribution in [0.15, 0.2) is 18.2 Å². The monoisotopic (exact) mass is 234 g/mol. The first-order chi connectivity index (χ1) is 8.16. The Morgan fingerprint density at radius 2 is 2.06 bits per heavy atom.